The van der Waals surface area contributed by atoms with Crippen LogP contribution in [0.4, 0.5) is 0 Å². The van der Waals surface area contributed by atoms with Crippen LogP contribution in [-0.2, 0) is 15.6 Å². The third kappa shape index (κ3) is 13.5. The highest BCUT2D eigenvalue weighted by Gasteiger charge is 2.38. The second-order valence-electron chi connectivity index (χ2n) is 9.41. The summed E-state index contributed by atoms with van der Waals surface area (Å²) in [7, 11) is -9.28. The lowest BCUT2D eigenvalue weighted by atomic mass is 9.78. The summed E-state index contributed by atoms with van der Waals surface area (Å²) in [5, 5.41) is 40.0. The number of benzene rings is 2. The molecule has 0 spiro atoms. The van der Waals surface area contributed by atoms with Crippen molar-refractivity contribution in [2.45, 2.75) is 52.1 Å². The molecule has 0 bridgehead atoms. The zero-order valence-corrected chi connectivity index (χ0v) is 23.6. The van der Waals surface area contributed by atoms with Crippen molar-refractivity contribution in [1.29, 1.82) is 0 Å². The third-order valence-electron chi connectivity index (χ3n) is 5.71. The molecule has 10 N–H and O–H groups in total. The van der Waals surface area contributed by atoms with Gasteiger partial charge in [0.1, 0.15) is 0 Å². The first-order valence-electron chi connectivity index (χ1n) is 11.6. The second-order valence-corrected chi connectivity index (χ2v) is 11.5. The molecule has 0 aliphatic heterocycles. The molecule has 14 heteroatoms. The first-order valence-corrected chi connectivity index (χ1v) is 14.7. The van der Waals surface area contributed by atoms with E-state index in [0.29, 0.717) is 23.8 Å². The summed E-state index contributed by atoms with van der Waals surface area (Å²) in [4.78, 5) is 43.1. The normalized spacial score (nSPS) is 12.9. The first kappa shape index (κ1) is 36.5. The van der Waals surface area contributed by atoms with E-state index >= 15 is 0 Å². The summed E-state index contributed by atoms with van der Waals surface area (Å²) in [6.07, 6.45) is -0.529. The molecule has 2 rings (SSSR count). The highest BCUT2D eigenvalue weighted by Crippen LogP contribution is 2.36. The topological polar surface area (TPSA) is 236 Å². The summed E-state index contributed by atoms with van der Waals surface area (Å²) < 4.78 is 17.8. The van der Waals surface area contributed by atoms with Gasteiger partial charge >= 0.3 is 15.6 Å². The molecule has 12 nitrogen and oxygen atoms in total. The number of aliphatic hydroxyl groups excluding tert-OH is 4. The summed E-state index contributed by atoms with van der Waals surface area (Å²) in [5.74, 6) is 0.831. The summed E-state index contributed by atoms with van der Waals surface area (Å²) in [5.41, 5.74) is 3.96. The van der Waals surface area contributed by atoms with Gasteiger partial charge in [0.25, 0.3) is 0 Å². The maximum atomic E-state index is 10.9. The molecule has 0 aliphatic carbocycles. The van der Waals surface area contributed by atoms with Crippen LogP contribution in [0.5, 0.6) is 0 Å². The minimum absolute atomic E-state index is 0.372. The van der Waals surface area contributed by atoms with E-state index in [1.807, 2.05) is 18.2 Å². The fourth-order valence-electron chi connectivity index (χ4n) is 3.58. The van der Waals surface area contributed by atoms with E-state index < -0.39 is 47.0 Å². The van der Waals surface area contributed by atoms with E-state index in [1.54, 1.807) is 6.07 Å². The smallest absolute Gasteiger partial charge is 0.395 e. The Kier molecular flexibility index (Phi) is 15.3. The fourth-order valence-corrected chi connectivity index (χ4v) is 3.58. The maximum Gasteiger partial charge on any atom is 0.466 e. The Labute approximate surface area is 222 Å². The van der Waals surface area contributed by atoms with E-state index in [4.69, 9.17) is 38.5 Å². The summed E-state index contributed by atoms with van der Waals surface area (Å²) in [6, 6.07) is 14.1. The van der Waals surface area contributed by atoms with Crippen molar-refractivity contribution in [2.75, 3.05) is 19.8 Å². The van der Waals surface area contributed by atoms with Crippen molar-refractivity contribution >= 4 is 15.6 Å². The van der Waals surface area contributed by atoms with Crippen LogP contribution in [0, 0.1) is 5.41 Å². The van der Waals surface area contributed by atoms with Crippen molar-refractivity contribution < 1.29 is 58.9 Å². The molecule has 0 radical (unpaired) electrons. The molecule has 0 amide bonds. The monoisotopic (exact) mass is 582 g/mol. The number of hydrogen-bond acceptors (Lipinski definition) is 6. The first-order chi connectivity index (χ1) is 17.3. The molecule has 1 atom stereocenters. The number of aliphatic hydroxyl groups is 4. The van der Waals surface area contributed by atoms with Gasteiger partial charge in [-0.15, -0.1) is 0 Å². The fraction of sp³-hybridized carbons (Fsp3) is 0.500. The Morgan fingerprint density at radius 2 is 1.11 bits per heavy atom. The quantitative estimate of drug-likeness (QED) is 0.190. The van der Waals surface area contributed by atoms with Crippen LogP contribution >= 0.6 is 15.6 Å². The number of phosphoric acid groups is 2. The Morgan fingerprint density at radius 3 is 1.50 bits per heavy atom. The van der Waals surface area contributed by atoms with E-state index in [-0.39, 0.29) is 0 Å². The van der Waals surface area contributed by atoms with Crippen LogP contribution in [0.15, 0.2) is 42.5 Å². The maximum absolute atomic E-state index is 10.9. The molecule has 2 aromatic carbocycles. The largest absolute Gasteiger partial charge is 0.466 e. The zero-order valence-electron chi connectivity index (χ0n) is 21.8. The third-order valence-corrected chi connectivity index (χ3v) is 5.71. The van der Waals surface area contributed by atoms with Crippen LogP contribution in [0.25, 0.3) is 0 Å². The summed E-state index contributed by atoms with van der Waals surface area (Å²) in [6.45, 7) is 7.21. The van der Waals surface area contributed by atoms with Gasteiger partial charge in [-0.2, -0.15) is 0 Å². The van der Waals surface area contributed by atoms with Crippen LogP contribution in [0.1, 0.15) is 73.5 Å². The molecule has 38 heavy (non-hydrogen) atoms. The second kappa shape index (κ2) is 15.9. The van der Waals surface area contributed by atoms with E-state index in [9.17, 15) is 20.4 Å². The summed E-state index contributed by atoms with van der Waals surface area (Å²) >= 11 is 0. The average Bonchev–Trinajstić information content (AvgIpc) is 2.78. The molecule has 0 aliphatic rings. The van der Waals surface area contributed by atoms with Crippen molar-refractivity contribution in [1.82, 2.24) is 0 Å². The van der Waals surface area contributed by atoms with E-state index in [2.05, 4.69) is 45.9 Å². The molecule has 0 saturated heterocycles. The number of rotatable bonds is 9. The van der Waals surface area contributed by atoms with Gasteiger partial charge in [-0.3, -0.25) is 0 Å². The molecule has 218 valence electrons. The lowest BCUT2D eigenvalue weighted by Crippen LogP contribution is -2.40. The highest BCUT2D eigenvalue weighted by molar-refractivity contribution is 7.45. The Bertz CT molecular complexity index is 1030. The molecule has 0 saturated carbocycles. The minimum Gasteiger partial charge on any atom is -0.395 e. The predicted molar refractivity (Wildman–Crippen MR) is 141 cm³/mol. The molecule has 0 aromatic heterocycles. The van der Waals surface area contributed by atoms with Crippen LogP contribution < -0.4 is 0 Å². The minimum atomic E-state index is -4.64. The molecular formula is C24H40O12P2. The highest BCUT2D eigenvalue weighted by atomic mass is 31.2. The molecule has 0 heterocycles. The van der Waals surface area contributed by atoms with E-state index in [0.717, 1.165) is 5.56 Å². The SMILES string of the molecule is CC(C)c1ccc(Cc2ccccc2C(O)C(CO)(CO)CO)c(C(C)C)c1.O=P(O)(O)O.O=P(O)(O)O. The van der Waals surface area contributed by atoms with Crippen LogP contribution in [0.3, 0.4) is 0 Å². The lowest BCUT2D eigenvalue weighted by Gasteiger charge is -2.34. The van der Waals surface area contributed by atoms with Gasteiger partial charge in [0.15, 0.2) is 0 Å². The van der Waals surface area contributed by atoms with Gasteiger partial charge < -0.3 is 49.8 Å². The van der Waals surface area contributed by atoms with Crippen molar-refractivity contribution in [3.05, 3.63) is 70.3 Å². The van der Waals surface area contributed by atoms with Gasteiger partial charge in [0.05, 0.1) is 31.3 Å². The molecule has 1 unspecified atom stereocenters. The Morgan fingerprint density at radius 1 is 0.684 bits per heavy atom. The zero-order chi connectivity index (χ0) is 29.9. The Balaban J connectivity index is 0.00000116. The van der Waals surface area contributed by atoms with Gasteiger partial charge in [0, 0.05) is 0 Å². The lowest BCUT2D eigenvalue weighted by molar-refractivity contribution is -0.0854. The van der Waals surface area contributed by atoms with E-state index in [1.165, 1.54) is 16.7 Å². The van der Waals surface area contributed by atoms with Crippen molar-refractivity contribution in [2.24, 2.45) is 5.41 Å². The molecule has 2 aromatic rings. The Hall–Kier alpha value is -1.50. The van der Waals surface area contributed by atoms with Gasteiger partial charge in [-0.25, -0.2) is 9.13 Å². The van der Waals surface area contributed by atoms with Gasteiger partial charge in [-0.1, -0.05) is 70.2 Å². The van der Waals surface area contributed by atoms with Crippen LogP contribution in [-0.4, -0.2) is 69.6 Å². The van der Waals surface area contributed by atoms with Gasteiger partial charge in [0.2, 0.25) is 0 Å². The number of hydrogen-bond donors (Lipinski definition) is 10. The van der Waals surface area contributed by atoms with Gasteiger partial charge in [-0.05, 0) is 46.1 Å². The van der Waals surface area contributed by atoms with Crippen LogP contribution in [0.2, 0.25) is 0 Å². The predicted octanol–water partition coefficient (Wildman–Crippen LogP) is 1.66. The molecular weight excluding hydrogens is 542 g/mol. The van der Waals surface area contributed by atoms with Crippen molar-refractivity contribution in [3.8, 4) is 0 Å². The standard InChI is InChI=1S/C24H34O4.2H3O4P/c1-16(2)18-9-10-20(22(12-18)17(3)4)11-19-7-5-6-8-21(19)23(28)24(13-25,14-26)15-27;2*1-5(2,3)4/h5-10,12,16-17,23,25-28H,11,13-15H2,1-4H3;2*(H3,1,2,3,4). The molecule has 0 fully saturated rings. The van der Waals surface area contributed by atoms with Crippen molar-refractivity contribution in [3.63, 3.8) is 0 Å². The average molecular weight is 583 g/mol.